The van der Waals surface area contributed by atoms with Crippen molar-refractivity contribution in [3.05, 3.63) is 82.6 Å². The average molecular weight is 643 g/mol. The van der Waals surface area contributed by atoms with Gasteiger partial charge in [-0.1, -0.05) is 24.3 Å². The molecule has 0 saturated heterocycles. The molecule has 2 aromatic carbocycles. The van der Waals surface area contributed by atoms with Crippen LogP contribution < -0.4 is 0 Å². The van der Waals surface area contributed by atoms with Gasteiger partial charge in [0.2, 0.25) is 16.7 Å². The fourth-order valence-corrected chi connectivity index (χ4v) is 5.79. The fourth-order valence-electron chi connectivity index (χ4n) is 5.79. The highest BCUT2D eigenvalue weighted by atomic mass is 15.3. The lowest BCUT2D eigenvalue weighted by Gasteiger charge is -2.34. The van der Waals surface area contributed by atoms with Crippen LogP contribution in [-0.2, 0) is 10.8 Å². The van der Waals surface area contributed by atoms with Gasteiger partial charge in [-0.15, -0.1) is 0 Å². The largest absolute Gasteiger partial charge is 0.762 e. The van der Waals surface area contributed by atoms with Gasteiger partial charge in [-0.3, -0.25) is 19.9 Å². The zero-order chi connectivity index (χ0) is 36.2. The summed E-state index contributed by atoms with van der Waals surface area (Å²) in [5.74, 6) is 1.46. The van der Waals surface area contributed by atoms with Gasteiger partial charge in [0.25, 0.3) is 0 Å². The molecule has 0 aliphatic heterocycles. The Hall–Kier alpha value is -7.04. The molecule has 0 amide bonds. The summed E-state index contributed by atoms with van der Waals surface area (Å²) in [6, 6.07) is 17.7. The Morgan fingerprint density at radius 3 is 1.24 bits per heavy atom. The molecule has 0 aliphatic rings. The molecule has 2 aromatic heterocycles. The van der Waals surface area contributed by atoms with Crippen molar-refractivity contribution >= 4 is 33.5 Å². The summed E-state index contributed by atoms with van der Waals surface area (Å²) in [5.41, 5.74) is -5.79. The first-order valence-corrected chi connectivity index (χ1v) is 15.0. The molecule has 237 valence electrons. The first-order chi connectivity index (χ1) is 23.7. The second-order valence-corrected chi connectivity index (χ2v) is 10.6. The van der Waals surface area contributed by atoms with E-state index in [1.165, 1.54) is 79.7 Å². The number of nitrogens with zero attached hydrogens (tertiary/aromatic N) is 13. The van der Waals surface area contributed by atoms with E-state index in [4.69, 9.17) is 0 Å². The Labute approximate surface area is 284 Å². The molecule has 2 heterocycles. The van der Waals surface area contributed by atoms with Crippen molar-refractivity contribution in [3.8, 4) is 42.5 Å². The highest BCUT2D eigenvalue weighted by molar-refractivity contribution is 6.05. The first-order valence-electron chi connectivity index (χ1n) is 15.0. The Morgan fingerprint density at radius 2 is 0.939 bits per heavy atom. The molecule has 4 rings (SSSR count). The zero-order valence-corrected chi connectivity index (χ0v) is 27.3. The van der Waals surface area contributed by atoms with E-state index in [1.54, 1.807) is 24.1 Å². The van der Waals surface area contributed by atoms with E-state index in [9.17, 15) is 42.2 Å². The van der Waals surface area contributed by atoms with Crippen molar-refractivity contribution in [2.45, 2.75) is 38.5 Å². The van der Waals surface area contributed by atoms with Crippen molar-refractivity contribution < 1.29 is 4.48 Å². The minimum Gasteiger partial charge on any atom is -0.762 e. The van der Waals surface area contributed by atoms with Crippen LogP contribution in [0.1, 0.15) is 49.9 Å². The topological polar surface area (TPSA) is 240 Å². The third-order valence-electron chi connectivity index (χ3n) is 8.96. The molecule has 0 unspecified atom stereocenters. The minimum absolute atomic E-state index is 0.0000318. The van der Waals surface area contributed by atoms with E-state index in [0.717, 1.165) is 0 Å². The van der Waals surface area contributed by atoms with Gasteiger partial charge in [0, 0.05) is 47.0 Å². The number of quaternary nitrogens is 1. The van der Waals surface area contributed by atoms with Gasteiger partial charge in [-0.25, -0.2) is 5.87 Å². The molecule has 0 bridgehead atoms. The van der Waals surface area contributed by atoms with E-state index in [0.29, 0.717) is 0 Å². The van der Waals surface area contributed by atoms with Gasteiger partial charge in [0.1, 0.15) is 6.07 Å². The highest BCUT2D eigenvalue weighted by Crippen LogP contribution is 2.47. The van der Waals surface area contributed by atoms with Gasteiger partial charge in [0.15, 0.2) is 0 Å². The first kappa shape index (κ1) is 36.4. The third-order valence-corrected chi connectivity index (χ3v) is 8.96. The number of aromatic nitrogens is 4. The van der Waals surface area contributed by atoms with E-state index in [1.807, 2.05) is 24.3 Å². The van der Waals surface area contributed by atoms with Crippen LogP contribution in [0.4, 0.5) is 0 Å². The molecule has 0 atom stereocenters. The van der Waals surface area contributed by atoms with E-state index >= 15 is 0 Å². The summed E-state index contributed by atoms with van der Waals surface area (Å²) in [7, 11) is 0. The second-order valence-electron chi connectivity index (χ2n) is 10.6. The van der Waals surface area contributed by atoms with Crippen LogP contribution in [0, 0.1) is 85.2 Å². The molecular weight excluding hydrogens is 614 g/mol. The molecule has 49 heavy (non-hydrogen) atoms. The number of hydrogen-bond donors (Lipinski definition) is 0. The molecule has 1 radical (unpaired) electrons. The van der Waals surface area contributed by atoms with E-state index in [-0.39, 0.29) is 55.8 Å². The monoisotopic (exact) mass is 642 g/mol. The summed E-state index contributed by atoms with van der Waals surface area (Å²) in [6.45, 7) is 14.2. The van der Waals surface area contributed by atoms with Gasteiger partial charge in [-0.05, 0) is 27.7 Å². The number of hydrogen-bond acceptors (Lipinski definition) is 11. The summed E-state index contributed by atoms with van der Waals surface area (Å²) in [4.78, 5) is 16.8. The second kappa shape index (κ2) is 15.5. The molecule has 0 saturated carbocycles. The third kappa shape index (κ3) is 5.98. The van der Waals surface area contributed by atoms with E-state index < -0.39 is 10.8 Å². The number of fused-ring (bicyclic) bond motifs is 2. The number of benzene rings is 2. The van der Waals surface area contributed by atoms with E-state index in [2.05, 4.69) is 47.6 Å². The predicted octanol–water partition coefficient (Wildman–Crippen LogP) is 4.84. The lowest BCUT2D eigenvalue weighted by molar-refractivity contribution is -0.921. The van der Waals surface area contributed by atoms with Crippen LogP contribution in [0.25, 0.3) is 33.0 Å². The fraction of sp³-hybridized carbons (Fsp3) is 0.278. The van der Waals surface area contributed by atoms with Gasteiger partial charge in [0.05, 0.1) is 90.2 Å². The highest BCUT2D eigenvalue weighted by Gasteiger charge is 2.59. The van der Waals surface area contributed by atoms with Crippen molar-refractivity contribution in [2.24, 2.45) is 0 Å². The van der Waals surface area contributed by atoms with Crippen LogP contribution in [0.15, 0.2) is 49.1 Å². The number of nitriles is 7. The maximum atomic E-state index is 10.6. The van der Waals surface area contributed by atoms with Crippen molar-refractivity contribution in [2.75, 3.05) is 26.2 Å². The molecule has 0 spiro atoms. The smallest absolute Gasteiger partial charge is 0.206 e. The SMILES string of the molecule is CC[N+](CC)(CC)CC.N#C[C](C#N)c1ccc(C(C#N)(C#N)C(C#N)(C#N)c2ccc(C(=C=[N-])C#N)c3nccnc23)c2nccnc12. The minimum atomic E-state index is -2.56. The van der Waals surface area contributed by atoms with Crippen LogP contribution in [0.5, 0.6) is 0 Å². The van der Waals surface area contributed by atoms with Crippen LogP contribution in [0.2, 0.25) is 0 Å². The summed E-state index contributed by atoms with van der Waals surface area (Å²) >= 11 is 0. The molecule has 0 aliphatic carbocycles. The molecule has 4 aromatic rings. The van der Waals surface area contributed by atoms with Gasteiger partial charge in [-0.2, -0.15) is 36.8 Å². The van der Waals surface area contributed by atoms with Gasteiger partial charge < -0.3 is 9.89 Å². The summed E-state index contributed by atoms with van der Waals surface area (Å²) < 4.78 is 1.28. The summed E-state index contributed by atoms with van der Waals surface area (Å²) in [5, 5.41) is 79.8. The molecule has 13 nitrogen and oxygen atoms in total. The predicted molar refractivity (Wildman–Crippen MR) is 178 cm³/mol. The Bertz CT molecular complexity index is 2190. The molecule has 0 fully saturated rings. The Morgan fingerprint density at radius 1 is 0.571 bits per heavy atom. The Balaban J connectivity index is 0.000000635. The van der Waals surface area contributed by atoms with Gasteiger partial charge >= 0.3 is 0 Å². The Kier molecular flexibility index (Phi) is 11.5. The zero-order valence-electron chi connectivity index (χ0n) is 27.3. The van der Waals surface area contributed by atoms with Crippen molar-refractivity contribution in [1.82, 2.24) is 19.9 Å². The van der Waals surface area contributed by atoms with Crippen LogP contribution >= 0.6 is 0 Å². The molecular formula is C36H28N13. The van der Waals surface area contributed by atoms with Crippen molar-refractivity contribution in [3.63, 3.8) is 0 Å². The normalized spacial score (nSPS) is 10.8. The van der Waals surface area contributed by atoms with Crippen LogP contribution in [-0.4, -0.2) is 56.5 Å². The molecule has 0 N–H and O–H groups in total. The number of rotatable bonds is 9. The standard InChI is InChI=1S/C28H8N12.C8H20N/c29-9-17(10-30)19-1-3-21(25-23(19)37-5-7-39-25)27(13-33,14-34)28(15-35,16-36)22-4-2-20(18(11-31)12-32)24-26(22)40-8-6-38-24;1-5-9(6-2,7-3)8-4/h1-8H;5-8H2,1-4H3/q-1;+1. The quantitative estimate of drug-likeness (QED) is 0.136. The summed E-state index contributed by atoms with van der Waals surface area (Å²) in [6.07, 6.45) is 5.07. The maximum absolute atomic E-state index is 10.6. The van der Waals surface area contributed by atoms with Crippen LogP contribution in [0.3, 0.4) is 0 Å². The maximum Gasteiger partial charge on any atom is 0.206 e. The lowest BCUT2D eigenvalue weighted by Crippen LogP contribution is -2.47. The lowest BCUT2D eigenvalue weighted by atomic mass is 9.59. The number of allylic oxidation sites excluding steroid dienone is 1. The molecule has 13 heteroatoms. The average Bonchev–Trinajstić information content (AvgIpc) is 3.17. The van der Waals surface area contributed by atoms with Crippen molar-refractivity contribution in [1.29, 1.82) is 36.8 Å².